The lowest BCUT2D eigenvalue weighted by Crippen LogP contribution is -2.38. The van der Waals surface area contributed by atoms with Crippen molar-refractivity contribution in [3.05, 3.63) is 59.6 Å². The van der Waals surface area contributed by atoms with Crippen molar-refractivity contribution in [1.29, 1.82) is 0 Å². The van der Waals surface area contributed by atoms with E-state index in [1.165, 1.54) is 31.5 Å². The van der Waals surface area contributed by atoms with Gasteiger partial charge in [0, 0.05) is 29.9 Å². The summed E-state index contributed by atoms with van der Waals surface area (Å²) in [6.07, 6.45) is 3.06. The summed E-state index contributed by atoms with van der Waals surface area (Å²) < 4.78 is 45.7. The number of nitrogens with one attached hydrogen (secondary N) is 3. The molecule has 3 N–H and O–H groups in total. The summed E-state index contributed by atoms with van der Waals surface area (Å²) in [6.45, 7) is 1.94. The minimum Gasteiger partial charge on any atom is -0.492 e. The zero-order chi connectivity index (χ0) is 23.7. The van der Waals surface area contributed by atoms with Crippen molar-refractivity contribution >= 4 is 17.3 Å². The second-order valence-electron chi connectivity index (χ2n) is 8.18. The van der Waals surface area contributed by atoms with Gasteiger partial charge in [-0.3, -0.25) is 9.78 Å². The molecule has 3 aromatic rings. The van der Waals surface area contributed by atoms with Crippen LogP contribution in [0.3, 0.4) is 0 Å². The largest absolute Gasteiger partial charge is 0.492 e. The van der Waals surface area contributed by atoms with E-state index in [1.807, 2.05) is 0 Å². The number of anilines is 2. The number of pyridine rings is 1. The van der Waals surface area contributed by atoms with E-state index in [0.717, 1.165) is 6.20 Å². The van der Waals surface area contributed by atoms with E-state index in [9.17, 15) is 13.6 Å². The smallest absolute Gasteiger partial charge is 0.255 e. The molecule has 1 fully saturated rings. The van der Waals surface area contributed by atoms with Gasteiger partial charge in [0.1, 0.15) is 0 Å². The molecular formula is C24H24F2N4O4. The van der Waals surface area contributed by atoms with E-state index in [0.29, 0.717) is 61.1 Å². The number of carbonyl (C=O) groups excluding carboxylic acids is 1. The third kappa shape index (κ3) is 4.10. The Hall–Kier alpha value is -3.50. The van der Waals surface area contributed by atoms with Gasteiger partial charge in [0.05, 0.1) is 61.9 Å². The molecule has 1 saturated heterocycles. The lowest BCUT2D eigenvalue weighted by Gasteiger charge is -2.29. The number of hydrogen-bond donors (Lipinski definition) is 3. The van der Waals surface area contributed by atoms with Crippen molar-refractivity contribution in [3.8, 4) is 17.0 Å². The summed E-state index contributed by atoms with van der Waals surface area (Å²) in [5, 5.41) is 6.04. The first-order chi connectivity index (χ1) is 16.6. The summed E-state index contributed by atoms with van der Waals surface area (Å²) in [6, 6.07) is 5.94. The van der Waals surface area contributed by atoms with Gasteiger partial charge in [-0.25, -0.2) is 8.78 Å². The van der Waals surface area contributed by atoms with Gasteiger partial charge in [-0.2, -0.15) is 0 Å². The molecule has 178 valence electrons. The Morgan fingerprint density at radius 3 is 2.88 bits per heavy atom. The van der Waals surface area contributed by atoms with Crippen LogP contribution in [0.1, 0.15) is 28.4 Å². The van der Waals surface area contributed by atoms with Gasteiger partial charge < -0.3 is 29.8 Å². The lowest BCUT2D eigenvalue weighted by atomic mass is 9.91. The third-order valence-electron chi connectivity index (χ3n) is 6.08. The van der Waals surface area contributed by atoms with E-state index in [1.54, 1.807) is 6.07 Å². The Kier molecular flexibility index (Phi) is 6.16. The highest BCUT2D eigenvalue weighted by Crippen LogP contribution is 2.43. The molecule has 1 aromatic carbocycles. The van der Waals surface area contributed by atoms with Crippen LogP contribution in [0.25, 0.3) is 11.3 Å². The molecule has 0 saturated carbocycles. The monoisotopic (exact) mass is 470 g/mol. The molecule has 2 aliphatic rings. The van der Waals surface area contributed by atoms with Gasteiger partial charge >= 0.3 is 0 Å². The number of hydrogen-bond acceptors (Lipinski definition) is 6. The van der Waals surface area contributed by atoms with Crippen LogP contribution in [0.15, 0.2) is 36.7 Å². The average molecular weight is 470 g/mol. The predicted molar refractivity (Wildman–Crippen MR) is 120 cm³/mol. The number of halogens is 2. The zero-order valence-corrected chi connectivity index (χ0v) is 18.5. The van der Waals surface area contributed by atoms with Crippen molar-refractivity contribution < 1.29 is 27.8 Å². The Bertz CT molecular complexity index is 1210. The fourth-order valence-electron chi connectivity index (χ4n) is 4.51. The van der Waals surface area contributed by atoms with Crippen LogP contribution in [0.2, 0.25) is 0 Å². The Morgan fingerprint density at radius 1 is 1.24 bits per heavy atom. The van der Waals surface area contributed by atoms with Gasteiger partial charge in [0.25, 0.3) is 5.91 Å². The number of benzene rings is 1. The van der Waals surface area contributed by atoms with Crippen LogP contribution in [0.4, 0.5) is 20.2 Å². The van der Waals surface area contributed by atoms with Gasteiger partial charge in [-0.15, -0.1) is 0 Å². The van der Waals surface area contributed by atoms with E-state index < -0.39 is 11.6 Å². The third-order valence-corrected chi connectivity index (χ3v) is 6.08. The first-order valence-corrected chi connectivity index (χ1v) is 11.0. The predicted octanol–water partition coefficient (Wildman–Crippen LogP) is 3.74. The maximum absolute atomic E-state index is 14.8. The molecule has 1 amide bonds. The maximum Gasteiger partial charge on any atom is 0.255 e. The number of methoxy groups -OCH3 is 1. The number of H-pyrrole nitrogens is 1. The molecule has 2 aliphatic heterocycles. The maximum atomic E-state index is 14.8. The minimum atomic E-state index is -0.565. The second kappa shape index (κ2) is 9.40. The number of fused-ring (bicyclic) bond motifs is 1. The van der Waals surface area contributed by atoms with E-state index >= 15 is 0 Å². The molecule has 10 heteroatoms. The molecule has 8 nitrogen and oxygen atoms in total. The summed E-state index contributed by atoms with van der Waals surface area (Å²) >= 11 is 0. The lowest BCUT2D eigenvalue weighted by molar-refractivity contribution is -0.0928. The number of ether oxygens (including phenoxy) is 3. The molecule has 34 heavy (non-hydrogen) atoms. The number of amides is 1. The van der Waals surface area contributed by atoms with Crippen LogP contribution in [0.5, 0.6) is 5.75 Å². The molecule has 4 heterocycles. The average Bonchev–Trinajstić information content (AvgIpc) is 3.22. The van der Waals surface area contributed by atoms with Gasteiger partial charge in [-0.05, 0) is 24.6 Å². The number of nitrogens with zero attached hydrogens (tertiary/aromatic N) is 1. The Morgan fingerprint density at radius 2 is 2.12 bits per heavy atom. The molecular weight excluding hydrogens is 446 g/mol. The van der Waals surface area contributed by atoms with Gasteiger partial charge in [-0.1, -0.05) is 6.07 Å². The van der Waals surface area contributed by atoms with Crippen molar-refractivity contribution in [2.24, 2.45) is 0 Å². The van der Waals surface area contributed by atoms with E-state index in [4.69, 9.17) is 14.2 Å². The topological polar surface area (TPSA) is 97.5 Å². The van der Waals surface area contributed by atoms with E-state index in [-0.39, 0.29) is 29.2 Å². The zero-order valence-electron chi connectivity index (χ0n) is 18.5. The highest BCUT2D eigenvalue weighted by atomic mass is 19.1. The Labute approximate surface area is 194 Å². The highest BCUT2D eigenvalue weighted by molar-refractivity contribution is 6.06. The molecule has 0 radical (unpaired) electrons. The molecule has 0 spiro atoms. The molecule has 0 bridgehead atoms. The van der Waals surface area contributed by atoms with Crippen LogP contribution in [-0.4, -0.2) is 55.5 Å². The number of rotatable bonds is 6. The van der Waals surface area contributed by atoms with Gasteiger partial charge in [0.2, 0.25) is 0 Å². The molecule has 2 aromatic heterocycles. The van der Waals surface area contributed by atoms with E-state index in [2.05, 4.69) is 20.6 Å². The molecule has 0 unspecified atom stereocenters. The van der Waals surface area contributed by atoms with Crippen LogP contribution >= 0.6 is 0 Å². The van der Waals surface area contributed by atoms with Crippen LogP contribution < -0.4 is 15.4 Å². The highest BCUT2D eigenvalue weighted by Gasteiger charge is 2.35. The number of aromatic nitrogens is 2. The van der Waals surface area contributed by atoms with Crippen molar-refractivity contribution in [3.63, 3.8) is 0 Å². The Balaban J connectivity index is 1.63. The second-order valence-corrected chi connectivity index (χ2v) is 8.18. The quantitative estimate of drug-likeness (QED) is 0.508. The van der Waals surface area contributed by atoms with Crippen LogP contribution in [0, 0.1) is 11.6 Å². The summed E-state index contributed by atoms with van der Waals surface area (Å²) in [5.41, 5.74) is 2.21. The molecule has 2 atom stereocenters. The summed E-state index contributed by atoms with van der Waals surface area (Å²) in [7, 11) is 1.36. The van der Waals surface area contributed by atoms with Crippen LogP contribution in [-0.2, 0) is 9.47 Å². The van der Waals surface area contributed by atoms with Crippen molar-refractivity contribution in [2.45, 2.75) is 18.4 Å². The summed E-state index contributed by atoms with van der Waals surface area (Å²) in [5.74, 6) is -1.57. The normalized spacial score (nSPS) is 19.9. The van der Waals surface area contributed by atoms with Crippen molar-refractivity contribution in [2.75, 3.05) is 38.8 Å². The fraction of sp³-hybridized carbons (Fsp3) is 0.333. The molecule has 5 rings (SSSR count). The first kappa shape index (κ1) is 22.3. The number of carbonyl (C=O) groups is 1. The van der Waals surface area contributed by atoms with Gasteiger partial charge in [0.15, 0.2) is 17.4 Å². The van der Waals surface area contributed by atoms with Crippen molar-refractivity contribution in [1.82, 2.24) is 15.3 Å². The number of aromatic amines is 1. The SMILES string of the molecule is COc1c(F)cccc1Nc1c(-c2ccncc2F)[nH]c2c1C(=O)NC[C@@H]2C[C@@H]1COCCO1. The standard InChI is InChI=1S/C24H24F2N4O4/c1-32-23-16(25)3-2-4-18(23)29-22-19-20(30-21(22)15-5-6-27-11-17(15)26)13(10-28-24(19)31)9-14-12-33-7-8-34-14/h2-6,11,13-14,29-30H,7-10,12H2,1H3,(H,28,31)/t13-,14+/m0/s1. The summed E-state index contributed by atoms with van der Waals surface area (Å²) in [4.78, 5) is 20.2. The minimum absolute atomic E-state index is 0.0147. The first-order valence-electron chi connectivity index (χ1n) is 11.0. The fourth-order valence-corrected chi connectivity index (χ4v) is 4.51. The molecule has 0 aliphatic carbocycles. The number of para-hydroxylation sites is 1.